The van der Waals surface area contributed by atoms with Gasteiger partial charge in [-0.2, -0.15) is 0 Å². The van der Waals surface area contributed by atoms with E-state index in [4.69, 9.17) is 5.11 Å². The summed E-state index contributed by atoms with van der Waals surface area (Å²) in [6, 6.07) is -0.931. The van der Waals surface area contributed by atoms with Crippen molar-refractivity contribution < 1.29 is 14.7 Å². The summed E-state index contributed by atoms with van der Waals surface area (Å²) in [7, 11) is 3.32. The average Bonchev–Trinajstić information content (AvgIpc) is 2.80. The highest BCUT2D eigenvalue weighted by Gasteiger charge is 2.28. The maximum atomic E-state index is 12.1. The number of carbonyl (C=O) groups excluding carboxylic acids is 1. The fourth-order valence-electron chi connectivity index (χ4n) is 2.68. The summed E-state index contributed by atoms with van der Waals surface area (Å²) < 4.78 is 0. The largest absolute Gasteiger partial charge is 0.480 e. The monoisotopic (exact) mass is 256 g/mol. The van der Waals surface area contributed by atoms with Crippen LogP contribution in [0.4, 0.5) is 4.79 Å². The van der Waals surface area contributed by atoms with Gasteiger partial charge in [-0.15, -0.1) is 0 Å². The molecule has 0 radical (unpaired) electrons. The quantitative estimate of drug-likeness (QED) is 0.818. The van der Waals surface area contributed by atoms with Crippen molar-refractivity contribution in [3.05, 3.63) is 0 Å². The van der Waals surface area contributed by atoms with Crippen LogP contribution in [0.1, 0.15) is 39.0 Å². The molecule has 18 heavy (non-hydrogen) atoms. The first-order valence-electron chi connectivity index (χ1n) is 6.68. The van der Waals surface area contributed by atoms with Gasteiger partial charge in [0.2, 0.25) is 0 Å². The minimum Gasteiger partial charge on any atom is -0.480 e. The normalized spacial score (nSPS) is 17.5. The second-order valence-corrected chi connectivity index (χ2v) is 5.19. The van der Waals surface area contributed by atoms with E-state index >= 15 is 0 Å². The summed E-state index contributed by atoms with van der Waals surface area (Å²) in [4.78, 5) is 26.1. The number of carboxylic acid groups (broad SMARTS) is 1. The van der Waals surface area contributed by atoms with E-state index < -0.39 is 12.0 Å². The van der Waals surface area contributed by atoms with E-state index in [0.29, 0.717) is 12.3 Å². The zero-order chi connectivity index (χ0) is 13.7. The zero-order valence-corrected chi connectivity index (χ0v) is 11.6. The number of hydrogen-bond acceptors (Lipinski definition) is 2. The molecular weight excluding hydrogens is 232 g/mol. The van der Waals surface area contributed by atoms with E-state index in [9.17, 15) is 9.59 Å². The Kier molecular flexibility index (Phi) is 5.44. The Hall–Kier alpha value is -1.26. The summed E-state index contributed by atoms with van der Waals surface area (Å²) in [6.07, 6.45) is 5.27. The Morgan fingerprint density at radius 2 is 1.83 bits per heavy atom. The van der Waals surface area contributed by atoms with E-state index in [2.05, 4.69) is 0 Å². The van der Waals surface area contributed by atoms with E-state index in [0.717, 1.165) is 6.54 Å². The van der Waals surface area contributed by atoms with Crippen molar-refractivity contribution in [2.75, 3.05) is 20.6 Å². The molecule has 0 aromatic rings. The minimum absolute atomic E-state index is 0.198. The van der Waals surface area contributed by atoms with Crippen molar-refractivity contribution in [3.8, 4) is 0 Å². The van der Waals surface area contributed by atoms with Crippen LogP contribution in [0.3, 0.4) is 0 Å². The van der Waals surface area contributed by atoms with Crippen LogP contribution in [0.15, 0.2) is 0 Å². The number of carboxylic acids is 1. The number of amides is 2. The Morgan fingerprint density at radius 1 is 1.28 bits per heavy atom. The lowest BCUT2D eigenvalue weighted by molar-refractivity contribution is -0.142. The summed E-state index contributed by atoms with van der Waals surface area (Å²) in [5, 5.41) is 9.05. The molecule has 1 rings (SSSR count). The van der Waals surface area contributed by atoms with Crippen LogP contribution in [0.5, 0.6) is 0 Å². The number of aliphatic carboxylic acids is 1. The number of hydrogen-bond donors (Lipinski definition) is 1. The van der Waals surface area contributed by atoms with Crippen LogP contribution in [0.25, 0.3) is 0 Å². The number of nitrogens with zero attached hydrogens (tertiary/aromatic N) is 2. The van der Waals surface area contributed by atoms with Gasteiger partial charge in [0.05, 0.1) is 0 Å². The second-order valence-electron chi connectivity index (χ2n) is 5.19. The minimum atomic E-state index is -0.942. The SMILES string of the molecule is CCC(C(=O)O)N(C)C(=O)N(C)CC1CCCC1. The van der Waals surface area contributed by atoms with Crippen LogP contribution in [-0.4, -0.2) is 53.6 Å². The molecular formula is C13H24N2O3. The highest BCUT2D eigenvalue weighted by molar-refractivity contribution is 5.82. The third-order valence-corrected chi connectivity index (χ3v) is 3.77. The Labute approximate surface area is 109 Å². The molecule has 5 heteroatoms. The van der Waals surface area contributed by atoms with Crippen molar-refractivity contribution in [2.45, 2.75) is 45.1 Å². The molecule has 2 amide bonds. The second kappa shape index (κ2) is 6.61. The van der Waals surface area contributed by atoms with Gasteiger partial charge in [-0.25, -0.2) is 9.59 Å². The molecule has 1 fully saturated rings. The molecule has 0 bridgehead atoms. The van der Waals surface area contributed by atoms with Crippen LogP contribution >= 0.6 is 0 Å². The summed E-state index contributed by atoms with van der Waals surface area (Å²) in [5.41, 5.74) is 0. The molecule has 1 N–H and O–H groups in total. The molecule has 0 saturated heterocycles. The molecule has 104 valence electrons. The van der Waals surface area contributed by atoms with Crippen molar-refractivity contribution in [3.63, 3.8) is 0 Å². The average molecular weight is 256 g/mol. The van der Waals surface area contributed by atoms with Crippen molar-refractivity contribution in [1.29, 1.82) is 0 Å². The highest BCUT2D eigenvalue weighted by Crippen LogP contribution is 2.25. The topological polar surface area (TPSA) is 60.9 Å². The first-order chi connectivity index (χ1) is 8.47. The van der Waals surface area contributed by atoms with Gasteiger partial charge in [-0.1, -0.05) is 19.8 Å². The lowest BCUT2D eigenvalue weighted by atomic mass is 10.1. The molecule has 0 heterocycles. The Bertz CT molecular complexity index is 301. The number of likely N-dealkylation sites (N-methyl/N-ethyl adjacent to an activating group) is 1. The van der Waals surface area contributed by atoms with Gasteiger partial charge in [-0.3, -0.25) is 0 Å². The van der Waals surface area contributed by atoms with Gasteiger partial charge in [0.15, 0.2) is 0 Å². The van der Waals surface area contributed by atoms with Crippen LogP contribution in [-0.2, 0) is 4.79 Å². The van der Waals surface area contributed by atoms with Gasteiger partial charge < -0.3 is 14.9 Å². The maximum absolute atomic E-state index is 12.1. The predicted octanol–water partition coefficient (Wildman–Crippen LogP) is 2.02. The Balaban J connectivity index is 2.53. The van der Waals surface area contributed by atoms with E-state index in [-0.39, 0.29) is 6.03 Å². The van der Waals surface area contributed by atoms with Crippen LogP contribution in [0, 0.1) is 5.92 Å². The fourth-order valence-corrected chi connectivity index (χ4v) is 2.68. The summed E-state index contributed by atoms with van der Waals surface area (Å²) in [5.74, 6) is -0.361. The van der Waals surface area contributed by atoms with E-state index in [1.807, 2.05) is 0 Å². The van der Waals surface area contributed by atoms with Crippen molar-refractivity contribution in [2.24, 2.45) is 5.92 Å². The molecule has 1 aliphatic rings. The fraction of sp³-hybridized carbons (Fsp3) is 0.846. The molecule has 0 aromatic heterocycles. The molecule has 5 nitrogen and oxygen atoms in total. The van der Waals surface area contributed by atoms with Crippen molar-refractivity contribution in [1.82, 2.24) is 9.80 Å². The molecule has 1 aliphatic carbocycles. The number of carbonyl (C=O) groups is 2. The van der Waals surface area contributed by atoms with E-state index in [1.165, 1.54) is 30.6 Å². The van der Waals surface area contributed by atoms with Gasteiger partial charge in [-0.05, 0) is 25.2 Å². The zero-order valence-electron chi connectivity index (χ0n) is 11.6. The van der Waals surface area contributed by atoms with Crippen molar-refractivity contribution >= 4 is 12.0 Å². The standard InChI is InChI=1S/C13H24N2O3/c1-4-11(12(16)17)15(3)13(18)14(2)9-10-7-5-6-8-10/h10-11H,4-9H2,1-3H3,(H,16,17). The summed E-state index contributed by atoms with van der Waals surface area (Å²) in [6.45, 7) is 2.51. The molecule has 1 saturated carbocycles. The molecule has 0 aliphatic heterocycles. The molecule has 1 atom stereocenters. The third kappa shape index (κ3) is 3.62. The van der Waals surface area contributed by atoms with Gasteiger partial charge >= 0.3 is 12.0 Å². The first-order valence-corrected chi connectivity index (χ1v) is 6.68. The van der Waals surface area contributed by atoms with Gasteiger partial charge in [0.25, 0.3) is 0 Å². The molecule has 1 unspecified atom stereocenters. The molecule has 0 spiro atoms. The smallest absolute Gasteiger partial charge is 0.326 e. The van der Waals surface area contributed by atoms with Gasteiger partial charge in [0, 0.05) is 20.6 Å². The van der Waals surface area contributed by atoms with Crippen LogP contribution < -0.4 is 0 Å². The lowest BCUT2D eigenvalue weighted by Crippen LogP contribution is -2.48. The maximum Gasteiger partial charge on any atom is 0.326 e. The van der Waals surface area contributed by atoms with Gasteiger partial charge in [0.1, 0.15) is 6.04 Å². The first kappa shape index (κ1) is 14.8. The summed E-state index contributed by atoms with van der Waals surface area (Å²) >= 11 is 0. The molecule has 0 aromatic carbocycles. The number of rotatable bonds is 5. The highest BCUT2D eigenvalue weighted by atomic mass is 16.4. The lowest BCUT2D eigenvalue weighted by Gasteiger charge is -2.30. The predicted molar refractivity (Wildman–Crippen MR) is 69.5 cm³/mol. The Morgan fingerprint density at radius 3 is 2.28 bits per heavy atom. The van der Waals surface area contributed by atoms with Crippen LogP contribution in [0.2, 0.25) is 0 Å². The third-order valence-electron chi connectivity index (χ3n) is 3.77. The number of urea groups is 1. The van der Waals surface area contributed by atoms with E-state index in [1.54, 1.807) is 25.9 Å².